The summed E-state index contributed by atoms with van der Waals surface area (Å²) in [6.45, 7) is 0. The van der Waals surface area contributed by atoms with Gasteiger partial charge in [-0.15, -0.1) is 4.59 Å². The largest absolute Gasteiger partial charge is 0.478 e. The number of alkyl halides is 1. The van der Waals surface area contributed by atoms with Gasteiger partial charge in [-0.1, -0.05) is 22.8 Å². The summed E-state index contributed by atoms with van der Waals surface area (Å²) in [5.74, 6) is 0.761. The highest BCUT2D eigenvalue weighted by Crippen LogP contribution is 2.28. The highest BCUT2D eigenvalue weighted by atomic mass is 35.5. The SMILES string of the molecule is C[N+]1(c2cccc(OCCl)c2)C=CC=N1. The lowest BCUT2D eigenvalue weighted by atomic mass is 10.3. The molecule has 0 amide bonds. The monoisotopic (exact) mass is 223 g/mol. The molecule has 0 bridgehead atoms. The summed E-state index contributed by atoms with van der Waals surface area (Å²) in [6, 6.07) is 7.92. The minimum Gasteiger partial charge on any atom is -0.478 e. The third kappa shape index (κ3) is 2.03. The molecule has 0 fully saturated rings. The van der Waals surface area contributed by atoms with E-state index in [2.05, 4.69) is 5.10 Å². The number of nitrogens with zero attached hydrogens (tertiary/aromatic N) is 2. The van der Waals surface area contributed by atoms with Gasteiger partial charge in [0.25, 0.3) is 0 Å². The Morgan fingerprint density at radius 3 is 3.00 bits per heavy atom. The minimum absolute atomic E-state index is 0.159. The predicted octanol–water partition coefficient (Wildman–Crippen LogP) is 2.71. The molecule has 1 unspecified atom stereocenters. The highest BCUT2D eigenvalue weighted by Gasteiger charge is 2.24. The van der Waals surface area contributed by atoms with E-state index in [1.165, 1.54) is 0 Å². The zero-order chi connectivity index (χ0) is 10.7. The predicted molar refractivity (Wildman–Crippen MR) is 63.1 cm³/mol. The molecule has 0 aliphatic carbocycles. The van der Waals surface area contributed by atoms with Gasteiger partial charge in [0, 0.05) is 18.2 Å². The van der Waals surface area contributed by atoms with Crippen molar-refractivity contribution in [1.29, 1.82) is 0 Å². The first-order valence-corrected chi connectivity index (χ1v) is 5.17. The molecule has 0 spiro atoms. The van der Waals surface area contributed by atoms with E-state index in [1.54, 1.807) is 6.21 Å². The van der Waals surface area contributed by atoms with Crippen LogP contribution in [0.2, 0.25) is 0 Å². The van der Waals surface area contributed by atoms with E-state index < -0.39 is 0 Å². The van der Waals surface area contributed by atoms with Gasteiger partial charge in [-0.25, -0.2) is 0 Å². The van der Waals surface area contributed by atoms with Gasteiger partial charge in [0.1, 0.15) is 19.0 Å². The van der Waals surface area contributed by atoms with E-state index in [0.29, 0.717) is 4.59 Å². The van der Waals surface area contributed by atoms with Crippen molar-refractivity contribution in [2.45, 2.75) is 0 Å². The third-order valence-electron chi connectivity index (χ3n) is 2.33. The summed E-state index contributed by atoms with van der Waals surface area (Å²) in [5.41, 5.74) is 1.04. The van der Waals surface area contributed by atoms with E-state index in [1.807, 2.05) is 43.6 Å². The first-order chi connectivity index (χ1) is 7.24. The van der Waals surface area contributed by atoms with Crippen molar-refractivity contribution in [1.82, 2.24) is 4.59 Å². The van der Waals surface area contributed by atoms with Crippen LogP contribution in [-0.2, 0) is 0 Å². The van der Waals surface area contributed by atoms with Crippen LogP contribution in [0.25, 0.3) is 0 Å². The van der Waals surface area contributed by atoms with Gasteiger partial charge in [-0.2, -0.15) is 0 Å². The molecule has 0 radical (unpaired) electrons. The summed E-state index contributed by atoms with van der Waals surface area (Å²) < 4.78 is 5.65. The molecule has 1 aromatic carbocycles. The summed E-state index contributed by atoms with van der Waals surface area (Å²) in [4.78, 5) is 0. The Morgan fingerprint density at radius 2 is 2.33 bits per heavy atom. The standard InChI is InChI=1S/C11H12ClN2O/c1-14(7-3-6-13-14)10-4-2-5-11(8-10)15-9-12/h2-8H,9H2,1H3/q+1. The highest BCUT2D eigenvalue weighted by molar-refractivity contribution is 6.17. The Balaban J connectivity index is 2.32. The van der Waals surface area contributed by atoms with Crippen LogP contribution >= 0.6 is 11.6 Å². The number of rotatable bonds is 3. The number of ether oxygens (including phenoxy) is 1. The van der Waals surface area contributed by atoms with Crippen molar-refractivity contribution in [3.8, 4) is 5.75 Å². The first kappa shape index (κ1) is 10.2. The third-order valence-corrected chi connectivity index (χ3v) is 2.44. The Morgan fingerprint density at radius 1 is 1.47 bits per heavy atom. The first-order valence-electron chi connectivity index (χ1n) is 4.64. The molecule has 0 saturated heterocycles. The molecule has 78 valence electrons. The molecule has 0 N–H and O–H groups in total. The molecule has 4 heteroatoms. The van der Waals surface area contributed by atoms with E-state index in [-0.39, 0.29) is 6.07 Å². The zero-order valence-corrected chi connectivity index (χ0v) is 9.19. The van der Waals surface area contributed by atoms with Crippen LogP contribution in [0.3, 0.4) is 0 Å². The average Bonchev–Trinajstić information content (AvgIpc) is 2.68. The molecule has 2 rings (SSSR count). The second kappa shape index (κ2) is 4.04. The fourth-order valence-electron chi connectivity index (χ4n) is 1.49. The van der Waals surface area contributed by atoms with Crippen molar-refractivity contribution >= 4 is 23.5 Å². The molecule has 1 aliphatic rings. The second-order valence-corrected chi connectivity index (χ2v) is 3.60. The lowest BCUT2D eigenvalue weighted by molar-refractivity contribution is 0.385. The normalized spacial score (nSPS) is 23.3. The molecule has 1 aliphatic heterocycles. The van der Waals surface area contributed by atoms with Gasteiger partial charge in [0.2, 0.25) is 0 Å². The number of halogens is 1. The van der Waals surface area contributed by atoms with Crippen molar-refractivity contribution in [3.05, 3.63) is 36.5 Å². The minimum atomic E-state index is 0.159. The van der Waals surface area contributed by atoms with E-state index in [9.17, 15) is 0 Å². The zero-order valence-electron chi connectivity index (χ0n) is 8.43. The molecule has 0 aromatic heterocycles. The quantitative estimate of drug-likeness (QED) is 0.570. The van der Waals surface area contributed by atoms with Crippen molar-refractivity contribution in [2.24, 2.45) is 5.10 Å². The van der Waals surface area contributed by atoms with Gasteiger partial charge in [-0.3, -0.25) is 0 Å². The number of quaternary nitrogens is 1. The molecule has 15 heavy (non-hydrogen) atoms. The Labute approximate surface area is 93.8 Å². The summed E-state index contributed by atoms with van der Waals surface area (Å²) >= 11 is 5.51. The lowest BCUT2D eigenvalue weighted by Gasteiger charge is -2.19. The molecule has 1 heterocycles. The van der Waals surface area contributed by atoms with E-state index in [0.717, 1.165) is 11.4 Å². The van der Waals surface area contributed by atoms with Gasteiger partial charge in [0.15, 0.2) is 11.8 Å². The van der Waals surface area contributed by atoms with E-state index >= 15 is 0 Å². The van der Waals surface area contributed by atoms with Crippen molar-refractivity contribution in [3.63, 3.8) is 0 Å². The van der Waals surface area contributed by atoms with Crippen molar-refractivity contribution in [2.75, 3.05) is 13.1 Å². The summed E-state index contributed by atoms with van der Waals surface area (Å²) in [6.07, 6.45) is 5.71. The van der Waals surface area contributed by atoms with Crippen LogP contribution in [0.1, 0.15) is 0 Å². The maximum atomic E-state index is 5.51. The molecule has 0 saturated carbocycles. The van der Waals surface area contributed by atoms with Crippen LogP contribution in [0.5, 0.6) is 5.75 Å². The number of hydrogen-bond acceptors (Lipinski definition) is 2. The fraction of sp³-hybridized carbons (Fsp3) is 0.182. The summed E-state index contributed by atoms with van der Waals surface area (Å²) in [5, 5.41) is 4.35. The fourth-order valence-corrected chi connectivity index (χ4v) is 1.62. The maximum absolute atomic E-state index is 5.51. The molecular formula is C11H12ClN2O+. The number of allylic oxidation sites excluding steroid dienone is 1. The van der Waals surface area contributed by atoms with Crippen molar-refractivity contribution < 1.29 is 4.74 Å². The Bertz CT molecular complexity index is 403. The molecular weight excluding hydrogens is 212 g/mol. The topological polar surface area (TPSA) is 21.6 Å². The average molecular weight is 224 g/mol. The van der Waals surface area contributed by atoms with Crippen LogP contribution in [0, 0.1) is 0 Å². The lowest BCUT2D eigenvalue weighted by Crippen LogP contribution is -2.30. The molecule has 1 aromatic rings. The van der Waals surface area contributed by atoms with Gasteiger partial charge >= 0.3 is 0 Å². The molecule has 3 nitrogen and oxygen atoms in total. The smallest absolute Gasteiger partial charge is 0.167 e. The van der Waals surface area contributed by atoms with Gasteiger partial charge in [-0.05, 0) is 6.07 Å². The van der Waals surface area contributed by atoms with Gasteiger partial charge in [0.05, 0.1) is 6.21 Å². The van der Waals surface area contributed by atoms with E-state index in [4.69, 9.17) is 16.3 Å². The number of benzene rings is 1. The second-order valence-electron chi connectivity index (χ2n) is 3.38. The van der Waals surface area contributed by atoms with Crippen LogP contribution < -0.4 is 9.33 Å². The Hall–Kier alpha value is -1.32. The Kier molecular flexibility index (Phi) is 2.75. The van der Waals surface area contributed by atoms with Crippen LogP contribution in [-0.4, -0.2) is 19.3 Å². The number of hydrogen-bond donors (Lipinski definition) is 0. The molecule has 1 atom stereocenters. The maximum Gasteiger partial charge on any atom is 0.167 e. The van der Waals surface area contributed by atoms with Gasteiger partial charge < -0.3 is 4.74 Å². The van der Waals surface area contributed by atoms with Crippen LogP contribution in [0.15, 0.2) is 41.6 Å². The summed E-state index contributed by atoms with van der Waals surface area (Å²) in [7, 11) is 2.00. The van der Waals surface area contributed by atoms with Crippen LogP contribution in [0.4, 0.5) is 5.69 Å².